The maximum absolute atomic E-state index is 12.8. The molecular formula is C34H44N10O4. The Morgan fingerprint density at radius 1 is 0.771 bits per heavy atom. The summed E-state index contributed by atoms with van der Waals surface area (Å²) in [5, 5.41) is 8.71. The van der Waals surface area contributed by atoms with Gasteiger partial charge < -0.3 is 40.1 Å². The minimum Gasteiger partial charge on any atom is -0.378 e. The lowest BCUT2D eigenvalue weighted by molar-refractivity contribution is 0.0897. The Bertz CT molecular complexity index is 1540. The summed E-state index contributed by atoms with van der Waals surface area (Å²) in [6.07, 6.45) is 2.13. The predicted octanol–water partition coefficient (Wildman–Crippen LogP) is 2.36. The van der Waals surface area contributed by atoms with Crippen molar-refractivity contribution in [1.82, 2.24) is 30.1 Å². The summed E-state index contributed by atoms with van der Waals surface area (Å²) in [5.74, 6) is 1.81. The van der Waals surface area contributed by atoms with Crippen LogP contribution in [0.25, 0.3) is 11.4 Å². The molecule has 5 heterocycles. The van der Waals surface area contributed by atoms with Crippen LogP contribution in [0.15, 0.2) is 48.5 Å². The van der Waals surface area contributed by atoms with Gasteiger partial charge in [-0.3, -0.25) is 9.69 Å². The molecule has 4 saturated heterocycles. The number of nitrogens with zero attached hydrogens (tertiary/aromatic N) is 7. The van der Waals surface area contributed by atoms with Crippen LogP contribution in [0.1, 0.15) is 23.2 Å². The van der Waals surface area contributed by atoms with Crippen molar-refractivity contribution in [2.75, 3.05) is 106 Å². The lowest BCUT2D eigenvalue weighted by atomic mass is 10.2. The highest BCUT2D eigenvalue weighted by molar-refractivity contribution is 6.00. The zero-order valence-corrected chi connectivity index (χ0v) is 27.4. The van der Waals surface area contributed by atoms with Gasteiger partial charge in [-0.15, -0.1) is 0 Å². The van der Waals surface area contributed by atoms with Crippen molar-refractivity contribution in [3.8, 4) is 11.4 Å². The Balaban J connectivity index is 0.956. The molecule has 3 aromatic rings. The fraction of sp³-hybridized carbons (Fsp3) is 0.500. The molecule has 2 atom stereocenters. The zero-order chi connectivity index (χ0) is 32.9. The predicted molar refractivity (Wildman–Crippen MR) is 184 cm³/mol. The maximum atomic E-state index is 12.8. The molecule has 3 N–H and O–H groups in total. The molecule has 4 aliphatic rings. The Labute approximate surface area is 280 Å². The number of likely N-dealkylation sites (N-methyl/N-ethyl adjacent to an activating group) is 1. The number of morpholine rings is 2. The molecule has 7 rings (SSSR count). The molecule has 4 aliphatic heterocycles. The molecule has 14 nitrogen and oxygen atoms in total. The SMILES string of the molecule is CN1CCN(CCNC(=O)c2ccc(NC(=O)Nc3ccc(-c4nc(N5CCOCC5)nc(N5C6CCC5COC6)n4)cc3)cc2)CC1. The van der Waals surface area contributed by atoms with Crippen molar-refractivity contribution >= 4 is 35.2 Å². The van der Waals surface area contributed by atoms with Crippen molar-refractivity contribution in [2.24, 2.45) is 0 Å². The van der Waals surface area contributed by atoms with E-state index in [4.69, 9.17) is 24.4 Å². The normalized spacial score (nSPS) is 21.6. The molecule has 14 heteroatoms. The van der Waals surface area contributed by atoms with Crippen LogP contribution in [0, 0.1) is 0 Å². The third-order valence-corrected chi connectivity index (χ3v) is 9.49. The smallest absolute Gasteiger partial charge is 0.323 e. The number of carbonyl (C=O) groups is 2. The van der Waals surface area contributed by atoms with Crippen LogP contribution in [-0.2, 0) is 9.47 Å². The van der Waals surface area contributed by atoms with E-state index >= 15 is 0 Å². The fourth-order valence-electron chi connectivity index (χ4n) is 6.66. The summed E-state index contributed by atoms with van der Waals surface area (Å²) in [7, 11) is 2.13. The van der Waals surface area contributed by atoms with E-state index < -0.39 is 0 Å². The fourth-order valence-corrected chi connectivity index (χ4v) is 6.66. The topological polar surface area (TPSA) is 140 Å². The summed E-state index contributed by atoms with van der Waals surface area (Å²) in [4.78, 5) is 49.2. The number of carbonyl (C=O) groups excluding carboxylic acids is 2. The van der Waals surface area contributed by atoms with Crippen molar-refractivity contribution in [1.29, 1.82) is 0 Å². The number of aromatic nitrogens is 3. The van der Waals surface area contributed by atoms with Gasteiger partial charge in [0.25, 0.3) is 5.91 Å². The minimum absolute atomic E-state index is 0.125. The molecule has 0 aliphatic carbocycles. The first kappa shape index (κ1) is 32.2. The van der Waals surface area contributed by atoms with E-state index in [1.165, 1.54) is 0 Å². The quantitative estimate of drug-likeness (QED) is 0.313. The number of hydrogen-bond donors (Lipinski definition) is 3. The van der Waals surface area contributed by atoms with Crippen LogP contribution in [0.3, 0.4) is 0 Å². The van der Waals surface area contributed by atoms with Crippen molar-refractivity contribution in [2.45, 2.75) is 24.9 Å². The molecule has 2 unspecified atom stereocenters. The summed E-state index contributed by atoms with van der Waals surface area (Å²) < 4.78 is 11.4. The van der Waals surface area contributed by atoms with E-state index in [0.717, 1.165) is 64.2 Å². The van der Waals surface area contributed by atoms with Gasteiger partial charge in [-0.2, -0.15) is 15.0 Å². The average molecular weight is 657 g/mol. The largest absolute Gasteiger partial charge is 0.378 e. The van der Waals surface area contributed by atoms with E-state index in [1.54, 1.807) is 24.3 Å². The van der Waals surface area contributed by atoms with E-state index in [0.29, 0.717) is 67.6 Å². The van der Waals surface area contributed by atoms with E-state index in [-0.39, 0.29) is 24.0 Å². The Morgan fingerprint density at radius 3 is 2.06 bits per heavy atom. The van der Waals surface area contributed by atoms with Crippen LogP contribution < -0.4 is 25.8 Å². The number of hydrogen-bond acceptors (Lipinski definition) is 11. The number of rotatable bonds is 9. The summed E-state index contributed by atoms with van der Waals surface area (Å²) in [6.45, 7) is 9.67. The van der Waals surface area contributed by atoms with E-state index in [1.807, 2.05) is 24.3 Å². The van der Waals surface area contributed by atoms with Gasteiger partial charge in [0.15, 0.2) is 5.82 Å². The number of amides is 3. The first-order valence-corrected chi connectivity index (χ1v) is 16.9. The average Bonchev–Trinajstić information content (AvgIpc) is 3.37. The minimum atomic E-state index is -0.382. The van der Waals surface area contributed by atoms with Gasteiger partial charge in [-0.05, 0) is 68.4 Å². The molecule has 254 valence electrons. The zero-order valence-electron chi connectivity index (χ0n) is 27.4. The van der Waals surface area contributed by atoms with Gasteiger partial charge in [0.1, 0.15) is 0 Å². The number of piperazine rings is 1. The second-order valence-corrected chi connectivity index (χ2v) is 12.8. The van der Waals surface area contributed by atoms with Crippen LogP contribution in [0.5, 0.6) is 0 Å². The molecule has 2 aromatic carbocycles. The highest BCUT2D eigenvalue weighted by atomic mass is 16.5. The molecule has 1 aromatic heterocycles. The second kappa shape index (κ2) is 14.8. The van der Waals surface area contributed by atoms with Crippen molar-refractivity contribution in [3.05, 3.63) is 54.1 Å². The molecule has 2 bridgehead atoms. The molecule has 0 saturated carbocycles. The lowest BCUT2D eigenvalue weighted by Gasteiger charge is -2.35. The van der Waals surface area contributed by atoms with Gasteiger partial charge in [-0.25, -0.2) is 4.79 Å². The summed E-state index contributed by atoms with van der Waals surface area (Å²) >= 11 is 0. The molecule has 0 spiro atoms. The number of ether oxygens (including phenoxy) is 2. The van der Waals surface area contributed by atoms with Gasteiger partial charge in [0.2, 0.25) is 11.9 Å². The number of anilines is 4. The van der Waals surface area contributed by atoms with E-state index in [2.05, 4.69) is 42.6 Å². The molecule has 4 fully saturated rings. The van der Waals surface area contributed by atoms with Crippen LogP contribution in [0.2, 0.25) is 0 Å². The second-order valence-electron chi connectivity index (χ2n) is 12.8. The lowest BCUT2D eigenvalue weighted by Crippen LogP contribution is -2.47. The first-order valence-electron chi connectivity index (χ1n) is 16.9. The van der Waals surface area contributed by atoms with Crippen molar-refractivity contribution in [3.63, 3.8) is 0 Å². The monoisotopic (exact) mass is 656 g/mol. The Hall–Kier alpha value is -4.37. The molecule has 3 amide bonds. The first-order chi connectivity index (χ1) is 23.5. The van der Waals surface area contributed by atoms with Crippen LogP contribution in [-0.4, -0.2) is 135 Å². The number of urea groups is 1. The molecular weight excluding hydrogens is 612 g/mol. The van der Waals surface area contributed by atoms with Gasteiger partial charge >= 0.3 is 6.03 Å². The third kappa shape index (κ3) is 7.67. The third-order valence-electron chi connectivity index (χ3n) is 9.49. The van der Waals surface area contributed by atoms with Gasteiger partial charge in [-0.1, -0.05) is 0 Å². The van der Waals surface area contributed by atoms with Crippen LogP contribution in [0.4, 0.5) is 28.1 Å². The number of fused-ring (bicyclic) bond motifs is 2. The highest BCUT2D eigenvalue weighted by Gasteiger charge is 2.39. The maximum Gasteiger partial charge on any atom is 0.323 e. The van der Waals surface area contributed by atoms with E-state index in [9.17, 15) is 9.59 Å². The highest BCUT2D eigenvalue weighted by Crippen LogP contribution is 2.34. The summed E-state index contributed by atoms with van der Waals surface area (Å²) in [5.41, 5.74) is 2.59. The van der Waals surface area contributed by atoms with Crippen LogP contribution >= 0.6 is 0 Å². The molecule has 48 heavy (non-hydrogen) atoms. The number of benzene rings is 2. The standard InChI is InChI=1S/C34H44N10O4/c1-41-14-16-42(17-15-41)13-12-35-31(45)25-4-8-27(9-5-25)37-34(46)36-26-6-2-24(3-7-26)30-38-32(43-18-20-47-21-19-43)40-33(39-30)44-28-10-11-29(44)23-48-22-28/h2-9,28-29H,10-23H2,1H3,(H,35,45)(H2,36,37,46). The Morgan fingerprint density at radius 2 is 1.40 bits per heavy atom. The van der Waals surface area contributed by atoms with Gasteiger partial charge in [0, 0.05) is 74.9 Å². The van der Waals surface area contributed by atoms with Gasteiger partial charge in [0.05, 0.1) is 38.5 Å². The Kier molecular flexibility index (Phi) is 9.93. The molecule has 0 radical (unpaired) electrons. The number of nitrogens with one attached hydrogen (secondary N) is 3. The van der Waals surface area contributed by atoms with Crippen molar-refractivity contribution < 1.29 is 19.1 Å². The summed E-state index contributed by atoms with van der Waals surface area (Å²) in [6, 6.07) is 14.5.